The van der Waals surface area contributed by atoms with Gasteiger partial charge >= 0.3 is 0 Å². The lowest BCUT2D eigenvalue weighted by Gasteiger charge is -2.21. The van der Waals surface area contributed by atoms with Crippen molar-refractivity contribution in [1.29, 1.82) is 0 Å². The van der Waals surface area contributed by atoms with Gasteiger partial charge in [0.2, 0.25) is 11.8 Å². The average molecular weight is 469 g/mol. The molecule has 0 aromatic heterocycles. The lowest BCUT2D eigenvalue weighted by Crippen LogP contribution is -2.34. The summed E-state index contributed by atoms with van der Waals surface area (Å²) in [7, 11) is -3.69. The van der Waals surface area contributed by atoms with Crippen molar-refractivity contribution in [2.75, 3.05) is 17.2 Å². The molecule has 1 heterocycles. The van der Waals surface area contributed by atoms with Crippen molar-refractivity contribution in [3.05, 3.63) is 22.2 Å². The third kappa shape index (κ3) is 4.13. The Hall–Kier alpha value is -1.41. The number of sulfone groups is 1. The third-order valence-corrected chi connectivity index (χ3v) is 8.02. The Morgan fingerprint density at radius 3 is 2.54 bits per heavy atom. The number of amides is 2. The normalized spacial score (nSPS) is 19.7. The molecule has 4 rings (SSSR count). The maximum atomic E-state index is 13.1. The Labute approximate surface area is 174 Å². The number of anilines is 1. The van der Waals surface area contributed by atoms with Crippen LogP contribution >= 0.6 is 15.9 Å². The number of rotatable bonds is 6. The summed E-state index contributed by atoms with van der Waals surface area (Å²) < 4.78 is 26.9. The Bertz CT molecular complexity index is 905. The summed E-state index contributed by atoms with van der Waals surface area (Å²) >= 11 is 3.40. The molecule has 0 atom stereocenters. The maximum Gasteiger partial charge on any atom is 0.230 e. The van der Waals surface area contributed by atoms with Crippen LogP contribution in [0.4, 0.5) is 5.69 Å². The minimum atomic E-state index is -3.69. The van der Waals surface area contributed by atoms with E-state index in [1.807, 2.05) is 6.07 Å². The van der Waals surface area contributed by atoms with E-state index >= 15 is 0 Å². The van der Waals surface area contributed by atoms with Crippen molar-refractivity contribution in [2.24, 2.45) is 5.92 Å². The van der Waals surface area contributed by atoms with E-state index in [4.69, 9.17) is 0 Å². The molecule has 152 valence electrons. The Morgan fingerprint density at radius 1 is 1.14 bits per heavy atom. The van der Waals surface area contributed by atoms with Gasteiger partial charge in [0.15, 0.2) is 9.84 Å². The molecule has 2 amide bonds. The average Bonchev–Trinajstić information content (AvgIpc) is 3.22. The number of hydrogen-bond donors (Lipinski definition) is 1. The van der Waals surface area contributed by atoms with Gasteiger partial charge in [-0.15, -0.1) is 0 Å². The van der Waals surface area contributed by atoms with Crippen molar-refractivity contribution < 1.29 is 18.0 Å². The minimum absolute atomic E-state index is 0.0245. The lowest BCUT2D eigenvalue weighted by atomic mass is 10.2. The number of nitrogens with zero attached hydrogens (tertiary/aromatic N) is 1. The van der Waals surface area contributed by atoms with Crippen molar-refractivity contribution in [3.8, 4) is 0 Å². The van der Waals surface area contributed by atoms with E-state index in [1.54, 1.807) is 11.0 Å². The summed E-state index contributed by atoms with van der Waals surface area (Å²) in [6, 6.07) is 3.64. The number of carbonyl (C=O) groups is 2. The fraction of sp³-hybridized carbons (Fsp3) is 0.600. The van der Waals surface area contributed by atoms with Gasteiger partial charge in [-0.05, 0) is 49.8 Å². The van der Waals surface area contributed by atoms with Crippen LogP contribution in [0.15, 0.2) is 21.5 Å². The van der Waals surface area contributed by atoms with E-state index in [0.717, 1.165) is 44.1 Å². The molecule has 2 fully saturated rings. The molecule has 0 spiro atoms. The number of benzene rings is 1. The van der Waals surface area contributed by atoms with Gasteiger partial charge in [-0.1, -0.05) is 28.8 Å². The van der Waals surface area contributed by atoms with Crippen molar-refractivity contribution in [2.45, 2.75) is 62.3 Å². The molecule has 6 nitrogen and oxygen atoms in total. The predicted octanol–water partition coefficient (Wildman–Crippen LogP) is 2.97. The Balaban J connectivity index is 1.54. The topological polar surface area (TPSA) is 83.6 Å². The molecule has 3 aliphatic rings. The van der Waals surface area contributed by atoms with Gasteiger partial charge < -0.3 is 10.2 Å². The summed E-state index contributed by atoms with van der Waals surface area (Å²) in [5.41, 5.74) is 1.40. The summed E-state index contributed by atoms with van der Waals surface area (Å²) in [4.78, 5) is 26.7. The molecule has 1 aliphatic heterocycles. The number of fused-ring (bicyclic) bond motifs is 1. The van der Waals surface area contributed by atoms with E-state index in [-0.39, 0.29) is 40.8 Å². The monoisotopic (exact) mass is 468 g/mol. The molecule has 1 aromatic rings. The SMILES string of the molecule is O=C(CCS(=O)(=O)c1cc(Br)cc2c1N(C(=O)C1CC1)CC2)NC1CCCC1. The van der Waals surface area contributed by atoms with Crippen LogP contribution in [-0.4, -0.2) is 38.6 Å². The van der Waals surface area contributed by atoms with Gasteiger partial charge in [-0.25, -0.2) is 8.42 Å². The second kappa shape index (κ2) is 7.78. The van der Waals surface area contributed by atoms with E-state index < -0.39 is 9.84 Å². The smallest absolute Gasteiger partial charge is 0.230 e. The zero-order valence-corrected chi connectivity index (χ0v) is 18.1. The zero-order chi connectivity index (χ0) is 19.9. The first kappa shape index (κ1) is 19.9. The molecular formula is C20H25BrN2O4S. The summed E-state index contributed by atoms with van der Waals surface area (Å²) in [5, 5.41) is 2.94. The fourth-order valence-corrected chi connectivity index (χ4v) is 6.36. The van der Waals surface area contributed by atoms with Gasteiger partial charge in [0, 0.05) is 29.4 Å². The molecule has 1 N–H and O–H groups in total. The van der Waals surface area contributed by atoms with Crippen molar-refractivity contribution in [1.82, 2.24) is 5.32 Å². The summed E-state index contributed by atoms with van der Waals surface area (Å²) in [5.74, 6) is -0.410. The molecule has 0 radical (unpaired) electrons. The molecule has 2 aliphatic carbocycles. The van der Waals surface area contributed by atoms with Gasteiger partial charge in [0.05, 0.1) is 16.3 Å². The summed E-state index contributed by atoms with van der Waals surface area (Å²) in [6.07, 6.45) is 6.51. The Kier molecular flexibility index (Phi) is 5.53. The maximum absolute atomic E-state index is 13.1. The van der Waals surface area contributed by atoms with Crippen LogP contribution in [0, 0.1) is 5.92 Å². The van der Waals surface area contributed by atoms with Crippen LogP contribution in [0.5, 0.6) is 0 Å². The van der Waals surface area contributed by atoms with E-state index in [0.29, 0.717) is 23.1 Å². The first-order valence-corrected chi connectivity index (χ1v) is 12.5. The first-order chi connectivity index (χ1) is 13.3. The van der Waals surface area contributed by atoms with E-state index in [1.165, 1.54) is 0 Å². The largest absolute Gasteiger partial charge is 0.353 e. The highest BCUT2D eigenvalue weighted by Gasteiger charge is 2.39. The number of carbonyl (C=O) groups excluding carboxylic acids is 2. The van der Waals surface area contributed by atoms with Crippen LogP contribution in [0.2, 0.25) is 0 Å². The number of halogens is 1. The van der Waals surface area contributed by atoms with Crippen LogP contribution in [0.25, 0.3) is 0 Å². The number of nitrogens with one attached hydrogen (secondary N) is 1. The molecule has 28 heavy (non-hydrogen) atoms. The van der Waals surface area contributed by atoms with Gasteiger partial charge in [-0.2, -0.15) is 0 Å². The predicted molar refractivity (Wildman–Crippen MR) is 110 cm³/mol. The highest BCUT2D eigenvalue weighted by Crippen LogP contribution is 2.41. The fourth-order valence-electron chi connectivity index (χ4n) is 4.18. The number of hydrogen-bond acceptors (Lipinski definition) is 4. The molecule has 0 bridgehead atoms. The lowest BCUT2D eigenvalue weighted by molar-refractivity contribution is -0.121. The van der Waals surface area contributed by atoms with E-state index in [2.05, 4.69) is 21.2 Å². The van der Waals surface area contributed by atoms with Crippen LogP contribution in [0.1, 0.15) is 50.5 Å². The molecule has 1 aromatic carbocycles. The zero-order valence-electron chi connectivity index (χ0n) is 15.7. The van der Waals surface area contributed by atoms with Crippen LogP contribution in [0.3, 0.4) is 0 Å². The van der Waals surface area contributed by atoms with Crippen LogP contribution in [-0.2, 0) is 25.8 Å². The van der Waals surface area contributed by atoms with Gasteiger partial charge in [0.1, 0.15) is 0 Å². The second-order valence-electron chi connectivity index (χ2n) is 8.04. The second-order valence-corrected chi connectivity index (χ2v) is 11.0. The van der Waals surface area contributed by atoms with Crippen molar-refractivity contribution in [3.63, 3.8) is 0 Å². The first-order valence-electron chi connectivity index (χ1n) is 10.0. The minimum Gasteiger partial charge on any atom is -0.353 e. The molecule has 2 saturated carbocycles. The van der Waals surface area contributed by atoms with Crippen molar-refractivity contribution >= 4 is 43.3 Å². The molecule has 8 heteroatoms. The standard InChI is InChI=1S/C20H25BrN2O4S/c21-15-11-14-7-9-23(20(25)13-5-6-13)19(14)17(12-15)28(26,27)10-8-18(24)22-16-3-1-2-4-16/h11-13,16H,1-10H2,(H,22,24). The molecular weight excluding hydrogens is 444 g/mol. The van der Waals surface area contributed by atoms with Gasteiger partial charge in [0.25, 0.3) is 0 Å². The quantitative estimate of drug-likeness (QED) is 0.695. The summed E-state index contributed by atoms with van der Waals surface area (Å²) in [6.45, 7) is 0.520. The highest BCUT2D eigenvalue weighted by molar-refractivity contribution is 9.10. The Morgan fingerprint density at radius 2 is 1.86 bits per heavy atom. The molecule has 0 unspecified atom stereocenters. The highest BCUT2D eigenvalue weighted by atomic mass is 79.9. The van der Waals surface area contributed by atoms with Crippen LogP contribution < -0.4 is 10.2 Å². The third-order valence-electron chi connectivity index (χ3n) is 5.84. The molecule has 0 saturated heterocycles. The van der Waals surface area contributed by atoms with Gasteiger partial charge in [-0.3, -0.25) is 9.59 Å². The van der Waals surface area contributed by atoms with E-state index in [9.17, 15) is 18.0 Å².